The summed E-state index contributed by atoms with van der Waals surface area (Å²) in [5.74, 6) is 0.0814. The summed E-state index contributed by atoms with van der Waals surface area (Å²) in [5.41, 5.74) is 6.82. The molecule has 0 aliphatic carbocycles. The molecular formula is C20H21BrN2O4. The number of rotatable bonds is 7. The Hall–Kier alpha value is -2.80. The van der Waals surface area contributed by atoms with Gasteiger partial charge < -0.3 is 9.47 Å². The van der Waals surface area contributed by atoms with Crippen LogP contribution in [0.1, 0.15) is 21.5 Å². The molecule has 27 heavy (non-hydrogen) atoms. The monoisotopic (exact) mass is 432 g/mol. The molecule has 2 aromatic carbocycles. The molecule has 0 saturated carbocycles. The minimum absolute atomic E-state index is 0.224. The Balaban J connectivity index is 1.91. The lowest BCUT2D eigenvalue weighted by molar-refractivity contribution is -0.123. The van der Waals surface area contributed by atoms with Gasteiger partial charge in [-0.05, 0) is 49.2 Å². The molecule has 0 aliphatic heterocycles. The molecule has 2 amide bonds. The van der Waals surface area contributed by atoms with Gasteiger partial charge in [0, 0.05) is 4.47 Å². The second kappa shape index (κ2) is 9.78. The third kappa shape index (κ3) is 5.86. The van der Waals surface area contributed by atoms with Crippen molar-refractivity contribution < 1.29 is 19.1 Å². The fraction of sp³-hybridized carbons (Fsp3) is 0.200. The topological polar surface area (TPSA) is 76.7 Å². The predicted molar refractivity (Wildman–Crippen MR) is 107 cm³/mol. The quantitative estimate of drug-likeness (QED) is 0.518. The van der Waals surface area contributed by atoms with E-state index in [1.807, 2.05) is 26.0 Å². The first kappa shape index (κ1) is 20.5. The maximum Gasteiger partial charge on any atom is 0.276 e. The number of amides is 2. The van der Waals surface area contributed by atoms with Gasteiger partial charge in [-0.25, -0.2) is 0 Å². The molecule has 0 atom stereocenters. The van der Waals surface area contributed by atoms with Crippen LogP contribution in [-0.4, -0.2) is 25.0 Å². The number of hydrazine groups is 1. The number of para-hydroxylation sites is 1. The number of halogens is 1. The Morgan fingerprint density at radius 3 is 2.44 bits per heavy atom. The van der Waals surface area contributed by atoms with Crippen molar-refractivity contribution in [2.75, 3.05) is 13.2 Å². The van der Waals surface area contributed by atoms with Gasteiger partial charge >= 0.3 is 0 Å². The first-order chi connectivity index (χ1) is 12.9. The number of ether oxygens (including phenoxy) is 2. The van der Waals surface area contributed by atoms with Crippen molar-refractivity contribution in [1.29, 1.82) is 0 Å². The summed E-state index contributed by atoms with van der Waals surface area (Å²) in [6, 6.07) is 10.5. The summed E-state index contributed by atoms with van der Waals surface area (Å²) in [6.45, 7) is 7.42. The molecule has 0 spiro atoms. The number of hydrogen-bond donors (Lipinski definition) is 2. The van der Waals surface area contributed by atoms with Crippen molar-refractivity contribution in [3.63, 3.8) is 0 Å². The largest absolute Gasteiger partial charge is 0.489 e. The molecule has 2 rings (SSSR count). The molecule has 0 fully saturated rings. The maximum absolute atomic E-state index is 12.3. The predicted octanol–water partition coefficient (Wildman–Crippen LogP) is 3.47. The van der Waals surface area contributed by atoms with Gasteiger partial charge in [0.25, 0.3) is 11.8 Å². The van der Waals surface area contributed by atoms with Gasteiger partial charge in [0.1, 0.15) is 18.1 Å². The van der Waals surface area contributed by atoms with Crippen LogP contribution in [0.15, 0.2) is 53.5 Å². The highest BCUT2D eigenvalue weighted by molar-refractivity contribution is 9.10. The van der Waals surface area contributed by atoms with E-state index in [1.54, 1.807) is 30.3 Å². The van der Waals surface area contributed by atoms with E-state index in [9.17, 15) is 9.59 Å². The number of carbonyl (C=O) groups excluding carboxylic acids is 2. The average Bonchev–Trinajstić information content (AvgIpc) is 2.63. The van der Waals surface area contributed by atoms with Crippen LogP contribution in [0.4, 0.5) is 0 Å². The molecule has 0 saturated heterocycles. The standard InChI is InChI=1S/C20H21BrN2O4/c1-4-9-26-17-8-6-5-7-16(17)20(25)23-22-18(24)12-27-19-13(2)10-15(21)11-14(19)3/h4-8,10-11H,1,9,12H2,2-3H3,(H,22,24)(H,23,25). The number of nitrogens with one attached hydrogen (secondary N) is 2. The summed E-state index contributed by atoms with van der Waals surface area (Å²) in [4.78, 5) is 24.3. The second-order valence-corrected chi connectivity index (χ2v) is 6.67. The molecule has 0 heterocycles. The summed E-state index contributed by atoms with van der Waals surface area (Å²) < 4.78 is 12.0. The van der Waals surface area contributed by atoms with Crippen LogP contribution >= 0.6 is 15.9 Å². The number of benzene rings is 2. The van der Waals surface area contributed by atoms with Crippen LogP contribution in [0.25, 0.3) is 0 Å². The van der Waals surface area contributed by atoms with Gasteiger partial charge in [-0.1, -0.05) is 40.7 Å². The van der Waals surface area contributed by atoms with Crippen LogP contribution in [-0.2, 0) is 4.79 Å². The Bertz CT molecular complexity index is 829. The van der Waals surface area contributed by atoms with Gasteiger partial charge in [-0.3, -0.25) is 20.4 Å². The Morgan fingerprint density at radius 1 is 1.11 bits per heavy atom. The first-order valence-electron chi connectivity index (χ1n) is 8.23. The van der Waals surface area contributed by atoms with Crippen LogP contribution < -0.4 is 20.3 Å². The van der Waals surface area contributed by atoms with E-state index in [1.165, 1.54) is 0 Å². The fourth-order valence-electron chi connectivity index (χ4n) is 2.42. The zero-order valence-corrected chi connectivity index (χ0v) is 16.8. The number of aryl methyl sites for hydroxylation is 2. The molecule has 0 aliphatic rings. The molecule has 0 aromatic heterocycles. The molecule has 2 N–H and O–H groups in total. The van der Waals surface area contributed by atoms with Gasteiger partial charge in [0.05, 0.1) is 5.56 Å². The van der Waals surface area contributed by atoms with Crippen molar-refractivity contribution in [2.24, 2.45) is 0 Å². The second-order valence-electron chi connectivity index (χ2n) is 5.76. The summed E-state index contributed by atoms with van der Waals surface area (Å²) in [7, 11) is 0. The normalized spacial score (nSPS) is 10.0. The highest BCUT2D eigenvalue weighted by Gasteiger charge is 2.13. The van der Waals surface area contributed by atoms with Crippen molar-refractivity contribution in [1.82, 2.24) is 10.9 Å². The van der Waals surface area contributed by atoms with Crippen molar-refractivity contribution >= 4 is 27.7 Å². The van der Waals surface area contributed by atoms with Crippen LogP contribution in [0.2, 0.25) is 0 Å². The van der Waals surface area contributed by atoms with E-state index in [0.717, 1.165) is 15.6 Å². The van der Waals surface area contributed by atoms with E-state index in [4.69, 9.17) is 9.47 Å². The lowest BCUT2D eigenvalue weighted by Crippen LogP contribution is -2.44. The van der Waals surface area contributed by atoms with E-state index < -0.39 is 11.8 Å². The van der Waals surface area contributed by atoms with E-state index in [0.29, 0.717) is 17.1 Å². The molecule has 142 valence electrons. The van der Waals surface area contributed by atoms with Crippen molar-refractivity contribution in [3.8, 4) is 11.5 Å². The summed E-state index contributed by atoms with van der Waals surface area (Å²) >= 11 is 3.41. The summed E-state index contributed by atoms with van der Waals surface area (Å²) in [5, 5.41) is 0. The average molecular weight is 433 g/mol. The lowest BCUT2D eigenvalue weighted by Gasteiger charge is -2.14. The molecule has 2 aromatic rings. The molecular weight excluding hydrogens is 412 g/mol. The van der Waals surface area contributed by atoms with Crippen molar-refractivity contribution in [2.45, 2.75) is 13.8 Å². The first-order valence-corrected chi connectivity index (χ1v) is 9.03. The molecule has 0 radical (unpaired) electrons. The van der Waals surface area contributed by atoms with Gasteiger partial charge in [-0.2, -0.15) is 0 Å². The molecule has 7 heteroatoms. The minimum atomic E-state index is -0.487. The molecule has 6 nitrogen and oxygen atoms in total. The van der Waals surface area contributed by atoms with Crippen molar-refractivity contribution in [3.05, 3.63) is 70.2 Å². The Kier molecular flexibility index (Phi) is 7.43. The zero-order valence-electron chi connectivity index (χ0n) is 15.2. The number of hydrogen-bond acceptors (Lipinski definition) is 4. The maximum atomic E-state index is 12.3. The van der Waals surface area contributed by atoms with Crippen LogP contribution in [0.5, 0.6) is 11.5 Å². The smallest absolute Gasteiger partial charge is 0.276 e. The third-order valence-electron chi connectivity index (χ3n) is 3.58. The Morgan fingerprint density at radius 2 is 1.78 bits per heavy atom. The van der Waals surface area contributed by atoms with Gasteiger partial charge in [-0.15, -0.1) is 0 Å². The van der Waals surface area contributed by atoms with Gasteiger partial charge in [0.15, 0.2) is 6.61 Å². The lowest BCUT2D eigenvalue weighted by atomic mass is 10.1. The fourth-order valence-corrected chi connectivity index (χ4v) is 3.11. The van der Waals surface area contributed by atoms with E-state index in [2.05, 4.69) is 33.4 Å². The summed E-state index contributed by atoms with van der Waals surface area (Å²) in [6.07, 6.45) is 1.58. The van der Waals surface area contributed by atoms with Crippen LogP contribution in [0, 0.1) is 13.8 Å². The molecule has 0 unspecified atom stereocenters. The zero-order chi connectivity index (χ0) is 19.8. The molecule has 0 bridgehead atoms. The van der Waals surface area contributed by atoms with Crippen LogP contribution in [0.3, 0.4) is 0 Å². The van der Waals surface area contributed by atoms with E-state index >= 15 is 0 Å². The Labute approximate surface area is 166 Å². The van der Waals surface area contributed by atoms with Gasteiger partial charge in [0.2, 0.25) is 0 Å². The highest BCUT2D eigenvalue weighted by Crippen LogP contribution is 2.27. The third-order valence-corrected chi connectivity index (χ3v) is 4.03. The minimum Gasteiger partial charge on any atom is -0.489 e. The SMILES string of the molecule is C=CCOc1ccccc1C(=O)NNC(=O)COc1c(C)cc(Br)cc1C. The highest BCUT2D eigenvalue weighted by atomic mass is 79.9. The number of carbonyl (C=O) groups is 2. The van der Waals surface area contributed by atoms with E-state index in [-0.39, 0.29) is 13.2 Å².